The molecule has 0 bridgehead atoms. The molecule has 0 fully saturated rings. The van der Waals surface area contributed by atoms with E-state index in [2.05, 4.69) is 20.4 Å². The molecule has 1 heterocycles. The van der Waals surface area contributed by atoms with Gasteiger partial charge in [-0.05, 0) is 24.5 Å². The molecule has 0 aliphatic carbocycles. The second-order valence-corrected chi connectivity index (χ2v) is 5.49. The largest absolute Gasteiger partial charge is 0.334 e. The molecule has 0 atom stereocenters. The summed E-state index contributed by atoms with van der Waals surface area (Å²) < 4.78 is 5.36. The van der Waals surface area contributed by atoms with Gasteiger partial charge < -0.3 is 4.52 Å². The summed E-state index contributed by atoms with van der Waals surface area (Å²) in [6.07, 6.45) is 3.71. The second kappa shape index (κ2) is 7.44. The first kappa shape index (κ1) is 15.8. The van der Waals surface area contributed by atoms with Gasteiger partial charge in [-0.1, -0.05) is 53.3 Å². The maximum Gasteiger partial charge on any atom is 0.258 e. The van der Waals surface area contributed by atoms with Crippen molar-refractivity contribution in [2.75, 3.05) is 6.26 Å². The molecule has 0 saturated carbocycles. The van der Waals surface area contributed by atoms with E-state index in [0.29, 0.717) is 22.6 Å². The summed E-state index contributed by atoms with van der Waals surface area (Å²) in [6.45, 7) is 0. The number of aliphatic imine (C=N–C) groups is 1. The fourth-order valence-electron chi connectivity index (χ4n) is 2.04. The molecule has 0 unspecified atom stereocenters. The molecular formula is C17H13N5OS. The predicted octanol–water partition coefficient (Wildman–Crippen LogP) is 3.82. The predicted molar refractivity (Wildman–Crippen MR) is 94.5 cm³/mol. The van der Waals surface area contributed by atoms with Gasteiger partial charge in [0.25, 0.3) is 5.89 Å². The van der Waals surface area contributed by atoms with Crippen molar-refractivity contribution in [2.24, 2.45) is 4.99 Å². The number of aromatic nitrogens is 2. The van der Waals surface area contributed by atoms with Crippen molar-refractivity contribution < 1.29 is 4.52 Å². The van der Waals surface area contributed by atoms with Gasteiger partial charge in [0.2, 0.25) is 5.82 Å². The topological polar surface area (TPSA) is 87.1 Å². The zero-order chi connectivity index (χ0) is 16.8. The van der Waals surface area contributed by atoms with Gasteiger partial charge in [0.15, 0.2) is 11.4 Å². The number of thioether (sulfide) groups is 1. The second-order valence-electron chi connectivity index (χ2n) is 4.70. The number of nitrogens with zero attached hydrogens (tertiary/aromatic N) is 4. The highest BCUT2D eigenvalue weighted by molar-refractivity contribution is 8.13. The van der Waals surface area contributed by atoms with Crippen LogP contribution < -0.4 is 5.32 Å². The fourth-order valence-corrected chi connectivity index (χ4v) is 2.39. The van der Waals surface area contributed by atoms with E-state index < -0.39 is 0 Å². The van der Waals surface area contributed by atoms with Gasteiger partial charge in [-0.25, -0.2) is 4.99 Å². The molecule has 3 aromatic rings. The van der Waals surface area contributed by atoms with Crippen molar-refractivity contribution in [3.8, 4) is 29.0 Å². The molecule has 0 aliphatic heterocycles. The molecule has 3 rings (SSSR count). The minimum atomic E-state index is 0.421. The normalized spacial score (nSPS) is 11.1. The van der Waals surface area contributed by atoms with Crippen molar-refractivity contribution >= 4 is 22.6 Å². The minimum Gasteiger partial charge on any atom is -0.334 e. The number of rotatable bonds is 3. The van der Waals surface area contributed by atoms with E-state index in [0.717, 1.165) is 11.1 Å². The molecule has 24 heavy (non-hydrogen) atoms. The van der Waals surface area contributed by atoms with Crippen LogP contribution in [0, 0.1) is 11.5 Å². The summed E-state index contributed by atoms with van der Waals surface area (Å²) in [6, 6.07) is 17.0. The summed E-state index contributed by atoms with van der Waals surface area (Å²) in [5.41, 5.74) is 2.35. The molecule has 0 spiro atoms. The van der Waals surface area contributed by atoms with Crippen LogP contribution in [-0.2, 0) is 0 Å². The van der Waals surface area contributed by atoms with Crippen LogP contribution in [0.1, 0.15) is 0 Å². The number of nitrogens with one attached hydrogen (secondary N) is 1. The fraction of sp³-hybridized carbons (Fsp3) is 0.0588. The first-order chi connectivity index (χ1) is 11.8. The average molecular weight is 335 g/mol. The lowest BCUT2D eigenvalue weighted by atomic mass is 10.2. The van der Waals surface area contributed by atoms with Gasteiger partial charge in [-0.3, -0.25) is 5.32 Å². The van der Waals surface area contributed by atoms with E-state index in [1.807, 2.05) is 67.0 Å². The Morgan fingerprint density at radius 1 is 1.17 bits per heavy atom. The minimum absolute atomic E-state index is 0.421. The first-order valence-corrected chi connectivity index (χ1v) is 8.30. The molecule has 1 aromatic heterocycles. The third kappa shape index (κ3) is 3.62. The van der Waals surface area contributed by atoms with Crippen LogP contribution in [0.15, 0.2) is 64.1 Å². The Kier molecular flexibility index (Phi) is 4.89. The standard InChI is InChI=1S/C17H13N5OS/c1-24-17(19-11-18)20-14-9-5-8-13(10-14)16-21-15(22-23-16)12-6-3-2-4-7-12/h2-10H,1H3,(H,19,20). The van der Waals surface area contributed by atoms with Crippen LogP contribution in [0.5, 0.6) is 0 Å². The number of nitriles is 1. The van der Waals surface area contributed by atoms with Crippen molar-refractivity contribution in [1.82, 2.24) is 15.5 Å². The van der Waals surface area contributed by atoms with Gasteiger partial charge in [0.05, 0.1) is 5.69 Å². The third-order valence-electron chi connectivity index (χ3n) is 3.14. The SMILES string of the molecule is CSC(=Nc1cccc(-c2nc(-c3ccccc3)no2)c1)NC#N. The van der Waals surface area contributed by atoms with E-state index in [1.54, 1.807) is 0 Å². The molecule has 118 valence electrons. The van der Waals surface area contributed by atoms with Crippen LogP contribution in [0.2, 0.25) is 0 Å². The Hall–Kier alpha value is -3.11. The van der Waals surface area contributed by atoms with Crippen molar-refractivity contribution in [3.05, 3.63) is 54.6 Å². The summed E-state index contributed by atoms with van der Waals surface area (Å²) in [4.78, 5) is 8.80. The maximum atomic E-state index is 8.70. The molecule has 2 aromatic carbocycles. The smallest absolute Gasteiger partial charge is 0.258 e. The maximum absolute atomic E-state index is 8.70. The molecule has 7 heteroatoms. The number of amidine groups is 1. The van der Waals surface area contributed by atoms with Gasteiger partial charge in [0, 0.05) is 11.1 Å². The highest BCUT2D eigenvalue weighted by atomic mass is 32.2. The zero-order valence-electron chi connectivity index (χ0n) is 12.8. The first-order valence-electron chi connectivity index (χ1n) is 7.07. The van der Waals surface area contributed by atoms with Crippen LogP contribution >= 0.6 is 11.8 Å². The molecule has 0 radical (unpaired) electrons. The van der Waals surface area contributed by atoms with Gasteiger partial charge in [-0.2, -0.15) is 10.2 Å². The summed E-state index contributed by atoms with van der Waals surface area (Å²) in [5, 5.41) is 15.8. The quantitative estimate of drug-likeness (QED) is 0.339. The third-order valence-corrected chi connectivity index (χ3v) is 3.72. The van der Waals surface area contributed by atoms with Crippen LogP contribution in [0.3, 0.4) is 0 Å². The molecule has 0 aliphatic rings. The van der Waals surface area contributed by atoms with Crippen molar-refractivity contribution in [3.63, 3.8) is 0 Å². The van der Waals surface area contributed by atoms with E-state index in [1.165, 1.54) is 11.8 Å². The highest BCUT2D eigenvalue weighted by Crippen LogP contribution is 2.25. The molecule has 0 amide bonds. The zero-order valence-corrected chi connectivity index (χ0v) is 13.6. The van der Waals surface area contributed by atoms with E-state index >= 15 is 0 Å². The lowest BCUT2D eigenvalue weighted by molar-refractivity contribution is 0.432. The number of hydrogen-bond donors (Lipinski definition) is 1. The monoisotopic (exact) mass is 335 g/mol. The summed E-state index contributed by atoms with van der Waals surface area (Å²) in [7, 11) is 0. The molecule has 6 nitrogen and oxygen atoms in total. The molecule has 1 N–H and O–H groups in total. The summed E-state index contributed by atoms with van der Waals surface area (Å²) in [5.74, 6) is 0.959. The molecular weight excluding hydrogens is 322 g/mol. The Labute approximate surface area is 143 Å². The Morgan fingerprint density at radius 3 is 2.71 bits per heavy atom. The van der Waals surface area contributed by atoms with Gasteiger partial charge in [0.1, 0.15) is 0 Å². The van der Waals surface area contributed by atoms with Crippen LogP contribution in [-0.4, -0.2) is 21.6 Å². The van der Waals surface area contributed by atoms with Gasteiger partial charge in [-0.15, -0.1) is 0 Å². The van der Waals surface area contributed by atoms with Crippen molar-refractivity contribution in [2.45, 2.75) is 0 Å². The van der Waals surface area contributed by atoms with Gasteiger partial charge >= 0.3 is 0 Å². The highest BCUT2D eigenvalue weighted by Gasteiger charge is 2.10. The Balaban J connectivity index is 1.90. The van der Waals surface area contributed by atoms with Crippen LogP contribution in [0.4, 0.5) is 5.69 Å². The number of hydrogen-bond acceptors (Lipinski definition) is 6. The Morgan fingerprint density at radius 2 is 1.96 bits per heavy atom. The Bertz CT molecular complexity index is 899. The lowest BCUT2D eigenvalue weighted by Gasteiger charge is -2.01. The van der Waals surface area contributed by atoms with E-state index in [4.69, 9.17) is 9.78 Å². The average Bonchev–Trinajstić information content (AvgIpc) is 3.12. The van der Waals surface area contributed by atoms with E-state index in [9.17, 15) is 0 Å². The van der Waals surface area contributed by atoms with Crippen LogP contribution in [0.25, 0.3) is 22.8 Å². The number of benzene rings is 2. The molecule has 0 saturated heterocycles. The van der Waals surface area contributed by atoms with Crippen molar-refractivity contribution in [1.29, 1.82) is 5.26 Å². The summed E-state index contributed by atoms with van der Waals surface area (Å²) >= 11 is 1.36. The van der Waals surface area contributed by atoms with E-state index in [-0.39, 0.29) is 0 Å². The lowest BCUT2D eigenvalue weighted by Crippen LogP contribution is -2.12.